The van der Waals surface area contributed by atoms with Crippen LogP contribution in [0.2, 0.25) is 0 Å². The van der Waals surface area contributed by atoms with Crippen LogP contribution in [-0.4, -0.2) is 68.0 Å². The molecule has 1 atom stereocenters. The number of hydrogen-bond donors (Lipinski definition) is 1. The largest absolute Gasteiger partial charge is 0.493 e. The topological polar surface area (TPSA) is 45.2 Å². The quantitative estimate of drug-likeness (QED) is 0.591. The van der Waals surface area contributed by atoms with E-state index in [9.17, 15) is 5.11 Å². The molecule has 5 nitrogen and oxygen atoms in total. The summed E-state index contributed by atoms with van der Waals surface area (Å²) in [6.45, 7) is 11.1. The fourth-order valence-electron chi connectivity index (χ4n) is 2.77. The van der Waals surface area contributed by atoms with Crippen molar-refractivity contribution in [3.63, 3.8) is 0 Å². The van der Waals surface area contributed by atoms with Crippen molar-refractivity contribution in [1.82, 2.24) is 9.80 Å². The second-order valence-corrected chi connectivity index (χ2v) is 6.53. The number of benzene rings is 1. The van der Waals surface area contributed by atoms with Crippen LogP contribution in [0.1, 0.15) is 39.2 Å². The number of methoxy groups -OCH3 is 1. The van der Waals surface area contributed by atoms with Crippen molar-refractivity contribution in [1.29, 1.82) is 0 Å². The number of aliphatic hydroxyl groups excluding tert-OH is 1. The van der Waals surface area contributed by atoms with Gasteiger partial charge in [0.15, 0.2) is 11.5 Å². The summed E-state index contributed by atoms with van der Waals surface area (Å²) in [6.07, 6.45) is 1.90. The zero-order chi connectivity index (χ0) is 18.7. The van der Waals surface area contributed by atoms with Gasteiger partial charge in [-0.25, -0.2) is 0 Å². The molecular weight excluding hydrogens is 316 g/mol. The molecule has 1 N–H and O–H groups in total. The van der Waals surface area contributed by atoms with Gasteiger partial charge >= 0.3 is 0 Å². The molecule has 0 heterocycles. The van der Waals surface area contributed by atoms with E-state index in [0.29, 0.717) is 12.3 Å². The van der Waals surface area contributed by atoms with Crippen molar-refractivity contribution >= 4 is 0 Å². The normalized spacial score (nSPS) is 12.6. The minimum absolute atomic E-state index is 0.266. The average Bonchev–Trinajstić information content (AvgIpc) is 2.63. The number of unbranched alkanes of at least 4 members (excludes halogenated alkanes) is 1. The summed E-state index contributed by atoms with van der Waals surface area (Å²) in [5, 5.41) is 10.1. The molecule has 0 bridgehead atoms. The fraction of sp³-hybridized carbons (Fsp3) is 0.700. The highest BCUT2D eigenvalue weighted by Gasteiger charge is 2.12. The van der Waals surface area contributed by atoms with Gasteiger partial charge in [0.1, 0.15) is 12.7 Å². The van der Waals surface area contributed by atoms with E-state index in [1.54, 1.807) is 7.11 Å². The van der Waals surface area contributed by atoms with E-state index in [0.717, 1.165) is 31.9 Å². The first kappa shape index (κ1) is 21.7. The van der Waals surface area contributed by atoms with Crippen molar-refractivity contribution in [2.24, 2.45) is 0 Å². The van der Waals surface area contributed by atoms with Gasteiger partial charge in [-0.2, -0.15) is 0 Å². The Balaban J connectivity index is 2.59. The molecule has 25 heavy (non-hydrogen) atoms. The lowest BCUT2D eigenvalue weighted by Crippen LogP contribution is -2.35. The standard InChI is InChI=1S/C20H36N2O3/c1-6-9-12-21(4)14-17-10-11-19(20(13-17)24-5)25-16-18(23)15-22(7-2)8-3/h10-11,13,18,23H,6-9,12,14-16H2,1-5H3/t18-/m0/s1. The summed E-state index contributed by atoms with van der Waals surface area (Å²) >= 11 is 0. The van der Waals surface area contributed by atoms with Gasteiger partial charge in [-0.1, -0.05) is 33.3 Å². The van der Waals surface area contributed by atoms with Gasteiger partial charge in [0.2, 0.25) is 0 Å². The molecule has 1 aromatic rings. The Hall–Kier alpha value is -1.30. The predicted octanol–water partition coefficient (Wildman–Crippen LogP) is 3.01. The molecule has 0 aromatic heterocycles. The van der Waals surface area contributed by atoms with E-state index >= 15 is 0 Å². The van der Waals surface area contributed by atoms with Crippen LogP contribution < -0.4 is 9.47 Å². The number of rotatable bonds is 13. The molecule has 0 amide bonds. The summed E-state index contributed by atoms with van der Waals surface area (Å²) in [5.41, 5.74) is 1.20. The van der Waals surface area contributed by atoms with Gasteiger partial charge in [-0.05, 0) is 50.8 Å². The van der Waals surface area contributed by atoms with Crippen molar-refractivity contribution in [3.8, 4) is 11.5 Å². The summed E-state index contributed by atoms with van der Waals surface area (Å²) in [4.78, 5) is 4.49. The van der Waals surface area contributed by atoms with Crippen LogP contribution in [-0.2, 0) is 6.54 Å². The third-order valence-corrected chi connectivity index (χ3v) is 4.37. The number of likely N-dealkylation sites (N-methyl/N-ethyl adjacent to an activating group) is 1. The third-order valence-electron chi connectivity index (χ3n) is 4.37. The molecule has 0 unspecified atom stereocenters. The summed E-state index contributed by atoms with van der Waals surface area (Å²) < 4.78 is 11.3. The molecule has 144 valence electrons. The predicted molar refractivity (Wildman–Crippen MR) is 104 cm³/mol. The summed E-state index contributed by atoms with van der Waals surface area (Å²) in [7, 11) is 3.79. The Morgan fingerprint density at radius 3 is 2.44 bits per heavy atom. The maximum absolute atomic E-state index is 10.1. The van der Waals surface area contributed by atoms with E-state index in [1.807, 2.05) is 12.1 Å². The van der Waals surface area contributed by atoms with E-state index in [2.05, 4.69) is 43.7 Å². The average molecular weight is 353 g/mol. The first-order valence-electron chi connectivity index (χ1n) is 9.42. The van der Waals surface area contributed by atoms with E-state index in [1.165, 1.54) is 18.4 Å². The molecule has 1 aromatic carbocycles. The molecule has 0 aliphatic carbocycles. The zero-order valence-corrected chi connectivity index (χ0v) is 16.6. The van der Waals surface area contributed by atoms with Crippen LogP contribution >= 0.6 is 0 Å². The molecule has 0 spiro atoms. The van der Waals surface area contributed by atoms with Crippen LogP contribution in [0.4, 0.5) is 0 Å². The SMILES string of the molecule is CCCCN(C)Cc1ccc(OC[C@@H](O)CN(CC)CC)c(OC)c1. The van der Waals surface area contributed by atoms with Gasteiger partial charge < -0.3 is 24.4 Å². The zero-order valence-electron chi connectivity index (χ0n) is 16.6. The molecule has 1 rings (SSSR count). The minimum Gasteiger partial charge on any atom is -0.493 e. The van der Waals surface area contributed by atoms with Gasteiger partial charge in [0.05, 0.1) is 7.11 Å². The molecule has 0 saturated heterocycles. The van der Waals surface area contributed by atoms with E-state index in [-0.39, 0.29) is 6.61 Å². The number of hydrogen-bond acceptors (Lipinski definition) is 5. The Morgan fingerprint density at radius 2 is 1.84 bits per heavy atom. The van der Waals surface area contributed by atoms with Crippen LogP contribution in [0.3, 0.4) is 0 Å². The third kappa shape index (κ3) is 8.08. The minimum atomic E-state index is -0.510. The van der Waals surface area contributed by atoms with Crippen LogP contribution in [0, 0.1) is 0 Å². The monoisotopic (exact) mass is 352 g/mol. The van der Waals surface area contributed by atoms with Gasteiger partial charge in [0.25, 0.3) is 0 Å². The molecule has 0 saturated carbocycles. The van der Waals surface area contributed by atoms with Crippen molar-refractivity contribution in [3.05, 3.63) is 23.8 Å². The number of ether oxygens (including phenoxy) is 2. The highest BCUT2D eigenvalue weighted by Crippen LogP contribution is 2.28. The lowest BCUT2D eigenvalue weighted by Gasteiger charge is -2.22. The van der Waals surface area contributed by atoms with Crippen molar-refractivity contribution in [2.75, 3.05) is 46.9 Å². The Bertz CT molecular complexity index is 478. The fourth-order valence-corrected chi connectivity index (χ4v) is 2.77. The molecule has 5 heteroatoms. The molecule has 0 fully saturated rings. The van der Waals surface area contributed by atoms with Crippen LogP contribution in [0.15, 0.2) is 18.2 Å². The Kier molecular flexibility index (Phi) is 10.5. The second kappa shape index (κ2) is 12.1. The number of aliphatic hydroxyl groups is 1. The van der Waals surface area contributed by atoms with Gasteiger partial charge in [0, 0.05) is 13.1 Å². The maximum atomic E-state index is 10.1. The number of nitrogens with zero attached hydrogens (tertiary/aromatic N) is 2. The molecule has 0 aliphatic rings. The van der Waals surface area contributed by atoms with Gasteiger partial charge in [-0.3, -0.25) is 0 Å². The Labute approximate surface area is 153 Å². The van der Waals surface area contributed by atoms with Gasteiger partial charge in [-0.15, -0.1) is 0 Å². The van der Waals surface area contributed by atoms with E-state index < -0.39 is 6.10 Å². The first-order valence-corrected chi connectivity index (χ1v) is 9.42. The van der Waals surface area contributed by atoms with E-state index in [4.69, 9.17) is 9.47 Å². The maximum Gasteiger partial charge on any atom is 0.161 e. The van der Waals surface area contributed by atoms with Crippen molar-refractivity contribution in [2.45, 2.75) is 46.3 Å². The highest BCUT2D eigenvalue weighted by molar-refractivity contribution is 5.43. The second-order valence-electron chi connectivity index (χ2n) is 6.53. The lowest BCUT2D eigenvalue weighted by molar-refractivity contribution is 0.0705. The van der Waals surface area contributed by atoms with Crippen LogP contribution in [0.25, 0.3) is 0 Å². The first-order chi connectivity index (χ1) is 12.0. The molecular formula is C20H36N2O3. The Morgan fingerprint density at radius 1 is 1.12 bits per heavy atom. The van der Waals surface area contributed by atoms with Crippen LogP contribution in [0.5, 0.6) is 11.5 Å². The smallest absolute Gasteiger partial charge is 0.161 e. The molecule has 0 radical (unpaired) electrons. The molecule has 0 aliphatic heterocycles. The highest BCUT2D eigenvalue weighted by atomic mass is 16.5. The summed E-state index contributed by atoms with van der Waals surface area (Å²) in [6, 6.07) is 6.03. The lowest BCUT2D eigenvalue weighted by atomic mass is 10.2. The summed E-state index contributed by atoms with van der Waals surface area (Å²) in [5.74, 6) is 1.40. The van der Waals surface area contributed by atoms with Crippen molar-refractivity contribution < 1.29 is 14.6 Å².